The second kappa shape index (κ2) is 5.35. The summed E-state index contributed by atoms with van der Waals surface area (Å²) in [6, 6.07) is -0.611. The maximum atomic E-state index is 11.1. The molecule has 1 N–H and O–H groups in total. The number of carbonyl (C=O) groups excluding carboxylic acids is 2. The topological polar surface area (TPSA) is 55.4 Å². The van der Waals surface area contributed by atoms with Crippen LogP contribution in [0.4, 0.5) is 0 Å². The Morgan fingerprint density at radius 2 is 2.00 bits per heavy atom. The van der Waals surface area contributed by atoms with Crippen molar-refractivity contribution in [1.29, 1.82) is 0 Å². The van der Waals surface area contributed by atoms with Crippen molar-refractivity contribution in [3.05, 3.63) is 12.2 Å². The molecular formula is C9H15NO3. The Bertz CT molecular complexity index is 207. The molecule has 1 amide bonds. The monoisotopic (exact) mass is 185 g/mol. The van der Waals surface area contributed by atoms with Crippen molar-refractivity contribution in [2.75, 3.05) is 7.11 Å². The molecule has 0 aliphatic rings. The molecule has 0 aliphatic heterocycles. The van der Waals surface area contributed by atoms with Gasteiger partial charge in [-0.25, -0.2) is 4.79 Å². The smallest absolute Gasteiger partial charge is 0.328 e. The zero-order valence-corrected chi connectivity index (χ0v) is 8.22. The number of hydrogen-bond acceptors (Lipinski definition) is 3. The summed E-state index contributed by atoms with van der Waals surface area (Å²) >= 11 is 0. The van der Waals surface area contributed by atoms with Crippen LogP contribution in [0.3, 0.4) is 0 Å². The van der Waals surface area contributed by atoms with Crippen LogP contribution in [-0.4, -0.2) is 25.0 Å². The lowest BCUT2D eigenvalue weighted by molar-refractivity contribution is -0.144. The van der Waals surface area contributed by atoms with E-state index in [1.54, 1.807) is 6.92 Å². The third-order valence-corrected chi connectivity index (χ3v) is 1.42. The molecule has 0 saturated heterocycles. The molecule has 0 aromatic rings. The lowest BCUT2D eigenvalue weighted by Crippen LogP contribution is -2.40. The van der Waals surface area contributed by atoms with Crippen LogP contribution in [0.25, 0.3) is 0 Å². The summed E-state index contributed by atoms with van der Waals surface area (Å²) in [5, 5.41) is 2.49. The summed E-state index contributed by atoms with van der Waals surface area (Å²) in [5.41, 5.74) is 0.823. The van der Waals surface area contributed by atoms with E-state index in [9.17, 15) is 9.59 Å². The number of esters is 1. The number of methoxy groups -OCH3 is 1. The molecule has 0 saturated carbocycles. The number of hydrogen-bond donors (Lipinski definition) is 1. The van der Waals surface area contributed by atoms with E-state index in [1.165, 1.54) is 14.0 Å². The standard InChI is InChI=1S/C9H15NO3/c1-6(2)5-8(9(12)13-4)10-7(3)11/h8H,1,5H2,2-4H3,(H,10,11). The molecule has 0 heterocycles. The molecule has 0 radical (unpaired) electrons. The highest BCUT2D eigenvalue weighted by molar-refractivity contribution is 5.83. The van der Waals surface area contributed by atoms with E-state index in [2.05, 4.69) is 16.6 Å². The SMILES string of the molecule is C=C(C)CC(NC(C)=O)C(=O)OC. The van der Waals surface area contributed by atoms with Crippen molar-refractivity contribution in [3.8, 4) is 0 Å². The highest BCUT2D eigenvalue weighted by atomic mass is 16.5. The molecule has 13 heavy (non-hydrogen) atoms. The Morgan fingerprint density at radius 1 is 1.46 bits per heavy atom. The number of ether oxygens (including phenoxy) is 1. The fourth-order valence-corrected chi connectivity index (χ4v) is 0.929. The Hall–Kier alpha value is -1.32. The second-order valence-corrected chi connectivity index (χ2v) is 2.94. The molecule has 0 aromatic heterocycles. The Balaban J connectivity index is 4.26. The lowest BCUT2D eigenvalue weighted by Gasteiger charge is -2.14. The van der Waals surface area contributed by atoms with E-state index in [-0.39, 0.29) is 5.91 Å². The van der Waals surface area contributed by atoms with Crippen LogP contribution in [0.5, 0.6) is 0 Å². The van der Waals surface area contributed by atoms with E-state index in [1.807, 2.05) is 0 Å². The molecule has 0 fully saturated rings. The van der Waals surface area contributed by atoms with Gasteiger partial charge in [0.25, 0.3) is 0 Å². The van der Waals surface area contributed by atoms with Gasteiger partial charge in [-0.2, -0.15) is 0 Å². The zero-order chi connectivity index (χ0) is 10.4. The van der Waals surface area contributed by atoms with Gasteiger partial charge in [0.1, 0.15) is 6.04 Å². The molecule has 0 aliphatic carbocycles. The van der Waals surface area contributed by atoms with Crippen LogP contribution >= 0.6 is 0 Å². The third kappa shape index (κ3) is 5.00. The number of carbonyl (C=O) groups is 2. The molecule has 0 rings (SSSR count). The first-order valence-electron chi connectivity index (χ1n) is 3.96. The average Bonchev–Trinajstić information content (AvgIpc) is 2.00. The van der Waals surface area contributed by atoms with Gasteiger partial charge >= 0.3 is 5.97 Å². The average molecular weight is 185 g/mol. The first-order valence-corrected chi connectivity index (χ1v) is 3.96. The van der Waals surface area contributed by atoms with Gasteiger partial charge in [-0.05, 0) is 13.3 Å². The minimum Gasteiger partial charge on any atom is -0.467 e. The van der Waals surface area contributed by atoms with Crippen LogP contribution in [-0.2, 0) is 14.3 Å². The Labute approximate surface area is 78.0 Å². The highest BCUT2D eigenvalue weighted by Crippen LogP contribution is 2.03. The van der Waals surface area contributed by atoms with Crippen molar-refractivity contribution in [1.82, 2.24) is 5.32 Å². The van der Waals surface area contributed by atoms with E-state index in [0.717, 1.165) is 5.57 Å². The maximum Gasteiger partial charge on any atom is 0.328 e. The quantitative estimate of drug-likeness (QED) is 0.516. The third-order valence-electron chi connectivity index (χ3n) is 1.42. The van der Waals surface area contributed by atoms with E-state index in [0.29, 0.717) is 6.42 Å². The molecule has 1 atom stereocenters. The number of nitrogens with one attached hydrogen (secondary N) is 1. The lowest BCUT2D eigenvalue weighted by atomic mass is 10.1. The Kier molecular flexibility index (Phi) is 4.80. The van der Waals surface area contributed by atoms with Crippen molar-refractivity contribution in [2.24, 2.45) is 0 Å². The van der Waals surface area contributed by atoms with E-state index >= 15 is 0 Å². The summed E-state index contributed by atoms with van der Waals surface area (Å²) in [7, 11) is 1.29. The summed E-state index contributed by atoms with van der Waals surface area (Å²) < 4.78 is 4.52. The van der Waals surface area contributed by atoms with E-state index < -0.39 is 12.0 Å². The summed E-state index contributed by atoms with van der Waals surface area (Å²) in [5.74, 6) is -0.699. The molecule has 4 heteroatoms. The van der Waals surface area contributed by atoms with Gasteiger partial charge in [0.05, 0.1) is 7.11 Å². The molecule has 0 aromatic carbocycles. The summed E-state index contributed by atoms with van der Waals surface area (Å²) in [6.07, 6.45) is 0.409. The van der Waals surface area contributed by atoms with Gasteiger partial charge in [-0.3, -0.25) is 4.79 Å². The van der Waals surface area contributed by atoms with Crippen molar-refractivity contribution >= 4 is 11.9 Å². The van der Waals surface area contributed by atoms with Crippen LogP contribution < -0.4 is 5.32 Å². The van der Waals surface area contributed by atoms with Gasteiger partial charge in [0, 0.05) is 6.92 Å². The predicted molar refractivity (Wildman–Crippen MR) is 49.1 cm³/mol. The van der Waals surface area contributed by atoms with Crippen LogP contribution in [0, 0.1) is 0 Å². The molecular weight excluding hydrogens is 170 g/mol. The minimum absolute atomic E-state index is 0.253. The molecule has 0 spiro atoms. The van der Waals surface area contributed by atoms with Crippen molar-refractivity contribution < 1.29 is 14.3 Å². The molecule has 74 valence electrons. The Morgan fingerprint density at radius 3 is 2.31 bits per heavy atom. The normalized spacial score (nSPS) is 11.6. The van der Waals surface area contributed by atoms with Crippen LogP contribution in [0.2, 0.25) is 0 Å². The maximum absolute atomic E-state index is 11.1. The molecule has 4 nitrogen and oxygen atoms in total. The van der Waals surface area contributed by atoms with Crippen LogP contribution in [0.15, 0.2) is 12.2 Å². The highest BCUT2D eigenvalue weighted by Gasteiger charge is 2.19. The fraction of sp³-hybridized carbons (Fsp3) is 0.556. The first kappa shape index (κ1) is 11.7. The largest absolute Gasteiger partial charge is 0.467 e. The van der Waals surface area contributed by atoms with Gasteiger partial charge in [0.15, 0.2) is 0 Å². The van der Waals surface area contributed by atoms with Gasteiger partial charge < -0.3 is 10.1 Å². The molecule has 1 unspecified atom stereocenters. The molecule has 0 bridgehead atoms. The van der Waals surface area contributed by atoms with Crippen molar-refractivity contribution in [3.63, 3.8) is 0 Å². The second-order valence-electron chi connectivity index (χ2n) is 2.94. The number of amides is 1. The zero-order valence-electron chi connectivity index (χ0n) is 8.22. The fourth-order valence-electron chi connectivity index (χ4n) is 0.929. The van der Waals surface area contributed by atoms with Crippen LogP contribution in [0.1, 0.15) is 20.3 Å². The van der Waals surface area contributed by atoms with E-state index in [4.69, 9.17) is 0 Å². The predicted octanol–water partition coefficient (Wildman–Crippen LogP) is 0.630. The number of rotatable bonds is 4. The van der Waals surface area contributed by atoms with Gasteiger partial charge in [-0.15, -0.1) is 6.58 Å². The van der Waals surface area contributed by atoms with Gasteiger partial charge in [0.2, 0.25) is 5.91 Å². The summed E-state index contributed by atoms with van der Waals surface area (Å²) in [6.45, 7) is 6.80. The summed E-state index contributed by atoms with van der Waals surface area (Å²) in [4.78, 5) is 21.8. The van der Waals surface area contributed by atoms with Crippen molar-refractivity contribution in [2.45, 2.75) is 26.3 Å². The van der Waals surface area contributed by atoms with Gasteiger partial charge in [-0.1, -0.05) is 5.57 Å². The first-order chi connectivity index (χ1) is 5.97. The minimum atomic E-state index is -0.611.